The smallest absolute Gasteiger partial charge is 0.169 e. The number of β-amino-alcohol motifs (C(OH)–C–C–N with tert-alkyl or cyclic N) is 1. The Morgan fingerprint density at radius 2 is 1.80 bits per heavy atom. The molecule has 0 radical (unpaired) electrons. The first-order valence-electron chi connectivity index (χ1n) is 13.7. The van der Waals surface area contributed by atoms with Gasteiger partial charge in [-0.05, 0) is 55.3 Å². The molecule has 2 heterocycles. The third-order valence-electron chi connectivity index (χ3n) is 7.00. The van der Waals surface area contributed by atoms with Gasteiger partial charge >= 0.3 is 0 Å². The molecule has 1 fully saturated rings. The number of aliphatic hydroxyl groups is 1. The number of anilines is 2. The van der Waals surface area contributed by atoms with Crippen molar-refractivity contribution in [1.29, 1.82) is 0 Å². The number of hydrogen-bond acceptors (Lipinski definition) is 9. The molecule has 1 aliphatic heterocycles. The number of methoxy groups -OCH3 is 2. The van der Waals surface area contributed by atoms with Gasteiger partial charge in [0.1, 0.15) is 5.75 Å². The Balaban J connectivity index is 1.35. The van der Waals surface area contributed by atoms with Crippen molar-refractivity contribution in [3.63, 3.8) is 0 Å². The number of pyridine rings is 1. The SMILES string of the molecule is CN=Cc1cnc2cc(OCCCN3CC[C@@H](O)C3)c(OC)cc2c1Nc1ccc(Oc2ccccc2OC)cc1. The van der Waals surface area contributed by atoms with E-state index >= 15 is 0 Å². The lowest BCUT2D eigenvalue weighted by Gasteiger charge is -2.17. The fourth-order valence-electron chi connectivity index (χ4n) is 4.93. The van der Waals surface area contributed by atoms with E-state index in [2.05, 4.69) is 20.2 Å². The molecular weight excluding hydrogens is 520 g/mol. The number of aliphatic imine (C=N–C) groups is 1. The highest BCUT2D eigenvalue weighted by Gasteiger charge is 2.19. The van der Waals surface area contributed by atoms with Gasteiger partial charge in [-0.15, -0.1) is 0 Å². The van der Waals surface area contributed by atoms with Crippen molar-refractivity contribution in [3.8, 4) is 28.7 Å². The number of aliphatic hydroxyl groups excluding tert-OH is 1. The van der Waals surface area contributed by atoms with Gasteiger partial charge in [0.15, 0.2) is 23.0 Å². The standard InChI is InChI=1S/C32H36N4O5/c1-33-19-22-20-34-27-18-31(40-16-6-14-36-15-13-24(37)21-36)30(39-3)17-26(27)32(22)35-23-9-11-25(12-10-23)41-29-8-5-4-7-28(29)38-2/h4-5,7-12,17-20,24,37H,6,13-16,21H2,1-3H3,(H,34,35)/t24-/m1/s1. The maximum absolute atomic E-state index is 9.74. The van der Waals surface area contributed by atoms with E-state index in [0.29, 0.717) is 35.4 Å². The highest BCUT2D eigenvalue weighted by Crippen LogP contribution is 2.38. The first kappa shape index (κ1) is 28.2. The monoisotopic (exact) mass is 556 g/mol. The van der Waals surface area contributed by atoms with Crippen molar-refractivity contribution < 1.29 is 24.1 Å². The van der Waals surface area contributed by atoms with Crippen LogP contribution in [0.25, 0.3) is 10.9 Å². The van der Waals surface area contributed by atoms with Crippen LogP contribution in [0.15, 0.2) is 71.9 Å². The highest BCUT2D eigenvalue weighted by molar-refractivity contribution is 6.03. The summed E-state index contributed by atoms with van der Waals surface area (Å²) in [5.41, 5.74) is 3.35. The molecule has 1 aliphatic rings. The number of rotatable bonds is 12. The van der Waals surface area contributed by atoms with Crippen LogP contribution in [0.1, 0.15) is 18.4 Å². The van der Waals surface area contributed by atoms with E-state index in [0.717, 1.165) is 60.3 Å². The molecule has 0 amide bonds. The maximum atomic E-state index is 9.74. The van der Waals surface area contributed by atoms with Crippen LogP contribution >= 0.6 is 0 Å². The zero-order valence-corrected chi connectivity index (χ0v) is 23.7. The molecule has 1 saturated heterocycles. The molecule has 0 spiro atoms. The van der Waals surface area contributed by atoms with E-state index in [1.165, 1.54) is 0 Å². The van der Waals surface area contributed by atoms with Crippen LogP contribution in [-0.2, 0) is 0 Å². The fraction of sp³-hybridized carbons (Fsp3) is 0.312. The van der Waals surface area contributed by atoms with Crippen LogP contribution in [0.4, 0.5) is 11.4 Å². The normalized spacial score (nSPS) is 15.4. The van der Waals surface area contributed by atoms with Gasteiger partial charge < -0.3 is 34.3 Å². The molecule has 0 saturated carbocycles. The highest BCUT2D eigenvalue weighted by atomic mass is 16.5. The van der Waals surface area contributed by atoms with E-state index < -0.39 is 0 Å². The second kappa shape index (κ2) is 13.3. The van der Waals surface area contributed by atoms with E-state index in [1.54, 1.807) is 33.7 Å². The van der Waals surface area contributed by atoms with Crippen molar-refractivity contribution in [2.24, 2.45) is 4.99 Å². The summed E-state index contributed by atoms with van der Waals surface area (Å²) in [6.45, 7) is 3.10. The molecule has 5 rings (SSSR count). The van der Waals surface area contributed by atoms with Crippen molar-refractivity contribution in [2.45, 2.75) is 18.9 Å². The van der Waals surface area contributed by atoms with Crippen LogP contribution in [0.5, 0.6) is 28.7 Å². The number of benzene rings is 3. The van der Waals surface area contributed by atoms with Gasteiger partial charge in [-0.1, -0.05) is 12.1 Å². The van der Waals surface area contributed by atoms with Gasteiger partial charge in [0, 0.05) is 61.8 Å². The Kier molecular flexibility index (Phi) is 9.18. The predicted octanol–water partition coefficient (Wildman–Crippen LogP) is 5.67. The molecule has 9 nitrogen and oxygen atoms in total. The summed E-state index contributed by atoms with van der Waals surface area (Å²) < 4.78 is 23.2. The molecule has 2 N–H and O–H groups in total. The van der Waals surface area contributed by atoms with Gasteiger partial charge in [-0.25, -0.2) is 0 Å². The Bertz CT molecular complexity index is 1490. The summed E-state index contributed by atoms with van der Waals surface area (Å²) in [6.07, 6.45) is 5.06. The van der Waals surface area contributed by atoms with Crippen molar-refractivity contribution in [2.75, 3.05) is 52.8 Å². The zero-order valence-electron chi connectivity index (χ0n) is 23.7. The summed E-state index contributed by atoms with van der Waals surface area (Å²) in [5.74, 6) is 3.29. The predicted molar refractivity (Wildman–Crippen MR) is 162 cm³/mol. The van der Waals surface area contributed by atoms with Crippen LogP contribution < -0.4 is 24.3 Å². The first-order valence-corrected chi connectivity index (χ1v) is 13.7. The van der Waals surface area contributed by atoms with Gasteiger partial charge in [0.2, 0.25) is 0 Å². The first-order chi connectivity index (χ1) is 20.1. The van der Waals surface area contributed by atoms with E-state index in [-0.39, 0.29) is 6.10 Å². The largest absolute Gasteiger partial charge is 0.493 e. The van der Waals surface area contributed by atoms with Crippen molar-refractivity contribution >= 4 is 28.5 Å². The Morgan fingerprint density at radius 1 is 1.02 bits per heavy atom. The van der Waals surface area contributed by atoms with Crippen LogP contribution in [0.3, 0.4) is 0 Å². The lowest BCUT2D eigenvalue weighted by atomic mass is 10.1. The van der Waals surface area contributed by atoms with Gasteiger partial charge in [0.05, 0.1) is 38.1 Å². The number of para-hydroxylation sites is 2. The van der Waals surface area contributed by atoms with Gasteiger partial charge in [0.25, 0.3) is 0 Å². The third-order valence-corrected chi connectivity index (χ3v) is 7.00. The summed E-state index contributed by atoms with van der Waals surface area (Å²) in [7, 11) is 4.99. The quantitative estimate of drug-likeness (QED) is 0.170. The lowest BCUT2D eigenvalue weighted by molar-refractivity contribution is 0.172. The molecule has 214 valence electrons. The molecule has 0 aliphatic carbocycles. The minimum atomic E-state index is -0.210. The molecule has 3 aromatic carbocycles. The molecule has 41 heavy (non-hydrogen) atoms. The molecule has 0 unspecified atom stereocenters. The molecule has 1 aromatic heterocycles. The van der Waals surface area contributed by atoms with Crippen LogP contribution in [-0.4, -0.2) is 74.8 Å². The molecule has 0 bridgehead atoms. The number of ether oxygens (including phenoxy) is 4. The second-order valence-electron chi connectivity index (χ2n) is 9.84. The summed E-state index contributed by atoms with van der Waals surface area (Å²) in [6, 6.07) is 19.1. The average Bonchev–Trinajstić information content (AvgIpc) is 3.42. The summed E-state index contributed by atoms with van der Waals surface area (Å²) >= 11 is 0. The number of fused-ring (bicyclic) bond motifs is 1. The topological polar surface area (TPSA) is 97.7 Å². The van der Waals surface area contributed by atoms with E-state index in [9.17, 15) is 5.11 Å². The lowest BCUT2D eigenvalue weighted by Crippen LogP contribution is -2.24. The van der Waals surface area contributed by atoms with Crippen molar-refractivity contribution in [1.82, 2.24) is 9.88 Å². The minimum Gasteiger partial charge on any atom is -0.493 e. The Morgan fingerprint density at radius 3 is 2.51 bits per heavy atom. The number of hydrogen-bond donors (Lipinski definition) is 2. The zero-order chi connectivity index (χ0) is 28.6. The molecule has 4 aromatic rings. The van der Waals surface area contributed by atoms with Crippen molar-refractivity contribution in [3.05, 3.63) is 72.4 Å². The van der Waals surface area contributed by atoms with Gasteiger partial charge in [-0.3, -0.25) is 9.98 Å². The fourth-order valence-corrected chi connectivity index (χ4v) is 4.93. The van der Waals surface area contributed by atoms with E-state index in [4.69, 9.17) is 18.9 Å². The minimum absolute atomic E-state index is 0.210. The number of likely N-dealkylation sites (tertiary alicyclic amines) is 1. The van der Waals surface area contributed by atoms with Gasteiger partial charge in [-0.2, -0.15) is 0 Å². The third kappa shape index (κ3) is 6.87. The van der Waals surface area contributed by atoms with Crippen LogP contribution in [0.2, 0.25) is 0 Å². The Hall–Kier alpha value is -4.34. The second-order valence-corrected chi connectivity index (χ2v) is 9.84. The maximum Gasteiger partial charge on any atom is 0.169 e. The van der Waals surface area contributed by atoms with E-state index in [1.807, 2.05) is 60.7 Å². The number of nitrogens with zero attached hydrogens (tertiary/aromatic N) is 3. The van der Waals surface area contributed by atoms with Crippen LogP contribution in [0, 0.1) is 0 Å². The summed E-state index contributed by atoms with van der Waals surface area (Å²) in [4.78, 5) is 11.2. The molecule has 9 heteroatoms. The number of nitrogens with one attached hydrogen (secondary N) is 1. The number of aromatic nitrogens is 1. The molecular formula is C32H36N4O5. The Labute approximate surface area is 240 Å². The average molecular weight is 557 g/mol. The summed E-state index contributed by atoms with van der Waals surface area (Å²) in [5, 5.41) is 14.2. The molecule has 1 atom stereocenters.